The van der Waals surface area contributed by atoms with Gasteiger partial charge in [0.15, 0.2) is 0 Å². The van der Waals surface area contributed by atoms with Crippen molar-refractivity contribution in [3.63, 3.8) is 0 Å². The number of aromatic nitrogens is 2. The molecule has 11 rings (SSSR count). The minimum absolute atomic E-state index is 1.16. The number of hydrogen-bond donors (Lipinski definition) is 0. The maximum Gasteiger partial charge on any atom is 0.0542 e. The molecule has 0 bridgehead atoms. The molecule has 0 amide bonds. The van der Waals surface area contributed by atoms with Crippen molar-refractivity contribution in [1.82, 2.24) is 9.13 Å². The molecular weight excluding hydrogens is 677 g/mol. The van der Waals surface area contributed by atoms with Crippen molar-refractivity contribution in [2.24, 2.45) is 0 Å². The summed E-state index contributed by atoms with van der Waals surface area (Å²) < 4.78 is 4.94. The van der Waals surface area contributed by atoms with Crippen molar-refractivity contribution >= 4 is 43.4 Å². The van der Waals surface area contributed by atoms with Crippen LogP contribution in [0.15, 0.2) is 218 Å². The standard InChI is InChI=1S/C54H36N2/c1-3-13-37(14-4-1)39-25-29-43(30-26-39)51-33-45-35-54-46(36-53(45)55(51)49-23-11-19-41-17-7-9-21-47(41)49)34-52(44-31-27-40(28-32-44)38-15-5-2-6-16-38)56(54)50-24-12-20-42-18-8-10-22-48(42)50/h1-36H. The molecule has 0 unspecified atom stereocenters. The second kappa shape index (κ2) is 13.2. The van der Waals surface area contributed by atoms with Gasteiger partial charge in [-0.05, 0) is 80.6 Å². The van der Waals surface area contributed by atoms with Gasteiger partial charge in [0.1, 0.15) is 0 Å². The van der Waals surface area contributed by atoms with Gasteiger partial charge in [0, 0.05) is 21.5 Å². The summed E-state index contributed by atoms with van der Waals surface area (Å²) in [6.07, 6.45) is 0. The molecule has 2 heterocycles. The van der Waals surface area contributed by atoms with E-state index < -0.39 is 0 Å². The lowest BCUT2D eigenvalue weighted by atomic mass is 10.0. The highest BCUT2D eigenvalue weighted by Gasteiger charge is 2.20. The van der Waals surface area contributed by atoms with Crippen molar-refractivity contribution in [1.29, 1.82) is 0 Å². The van der Waals surface area contributed by atoms with Gasteiger partial charge in [-0.2, -0.15) is 0 Å². The van der Waals surface area contributed by atoms with Crippen LogP contribution < -0.4 is 0 Å². The van der Waals surface area contributed by atoms with Crippen LogP contribution in [-0.2, 0) is 0 Å². The van der Waals surface area contributed by atoms with E-state index >= 15 is 0 Å². The summed E-state index contributed by atoms with van der Waals surface area (Å²) in [5.41, 5.74) is 14.2. The van der Waals surface area contributed by atoms with Crippen LogP contribution in [-0.4, -0.2) is 9.13 Å². The van der Waals surface area contributed by atoms with Gasteiger partial charge in [-0.15, -0.1) is 0 Å². The molecule has 262 valence electrons. The lowest BCUT2D eigenvalue weighted by molar-refractivity contribution is 1.15. The third-order valence-corrected chi connectivity index (χ3v) is 11.3. The predicted molar refractivity (Wildman–Crippen MR) is 237 cm³/mol. The monoisotopic (exact) mass is 712 g/mol. The van der Waals surface area contributed by atoms with E-state index in [0.29, 0.717) is 0 Å². The van der Waals surface area contributed by atoms with E-state index in [1.807, 2.05) is 0 Å². The third-order valence-electron chi connectivity index (χ3n) is 11.3. The highest BCUT2D eigenvalue weighted by molar-refractivity contribution is 6.05. The first-order chi connectivity index (χ1) is 27.8. The smallest absolute Gasteiger partial charge is 0.0542 e. The van der Waals surface area contributed by atoms with Crippen LogP contribution in [0, 0.1) is 0 Å². The quantitative estimate of drug-likeness (QED) is 0.162. The summed E-state index contributed by atoms with van der Waals surface area (Å²) in [6, 6.07) is 79.5. The Kier molecular flexibility index (Phi) is 7.53. The summed E-state index contributed by atoms with van der Waals surface area (Å²) in [5, 5.41) is 7.28. The Bertz CT molecular complexity index is 2970. The van der Waals surface area contributed by atoms with Crippen LogP contribution in [0.1, 0.15) is 0 Å². The molecule has 2 nitrogen and oxygen atoms in total. The minimum Gasteiger partial charge on any atom is -0.309 e. The molecule has 0 radical (unpaired) electrons. The number of nitrogens with zero attached hydrogens (tertiary/aromatic N) is 2. The van der Waals surface area contributed by atoms with Gasteiger partial charge in [-0.1, -0.05) is 182 Å². The molecule has 0 aliphatic rings. The molecule has 2 heteroatoms. The van der Waals surface area contributed by atoms with Crippen molar-refractivity contribution in [2.75, 3.05) is 0 Å². The van der Waals surface area contributed by atoms with Crippen LogP contribution in [0.3, 0.4) is 0 Å². The Hall–Kier alpha value is -7.42. The molecule has 0 aliphatic carbocycles. The Morgan fingerprint density at radius 1 is 0.232 bits per heavy atom. The molecule has 9 aromatic carbocycles. The van der Waals surface area contributed by atoms with Gasteiger partial charge in [0.2, 0.25) is 0 Å². The van der Waals surface area contributed by atoms with Gasteiger partial charge in [0.25, 0.3) is 0 Å². The lowest BCUT2D eigenvalue weighted by Crippen LogP contribution is -1.99. The van der Waals surface area contributed by atoms with E-state index in [1.165, 1.54) is 88.1 Å². The topological polar surface area (TPSA) is 9.86 Å². The molecule has 0 saturated heterocycles. The summed E-state index contributed by atoms with van der Waals surface area (Å²) in [5.74, 6) is 0. The fourth-order valence-electron chi connectivity index (χ4n) is 8.59. The lowest BCUT2D eigenvalue weighted by Gasteiger charge is -2.15. The molecule has 11 aromatic rings. The van der Waals surface area contributed by atoms with Crippen molar-refractivity contribution < 1.29 is 0 Å². The molecule has 2 aromatic heterocycles. The molecule has 0 aliphatic heterocycles. The van der Waals surface area contributed by atoms with Crippen molar-refractivity contribution in [3.8, 4) is 56.1 Å². The first-order valence-corrected chi connectivity index (χ1v) is 19.3. The zero-order chi connectivity index (χ0) is 37.0. The summed E-state index contributed by atoms with van der Waals surface area (Å²) in [6.45, 7) is 0. The van der Waals surface area contributed by atoms with E-state index in [0.717, 1.165) is 11.4 Å². The second-order valence-electron chi connectivity index (χ2n) is 14.6. The first-order valence-electron chi connectivity index (χ1n) is 19.3. The van der Waals surface area contributed by atoms with Gasteiger partial charge in [-0.25, -0.2) is 0 Å². The van der Waals surface area contributed by atoms with E-state index in [9.17, 15) is 0 Å². The number of benzene rings is 9. The summed E-state index contributed by atoms with van der Waals surface area (Å²) in [7, 11) is 0. The van der Waals surface area contributed by atoms with Gasteiger partial charge < -0.3 is 9.13 Å². The largest absolute Gasteiger partial charge is 0.309 e. The van der Waals surface area contributed by atoms with Gasteiger partial charge in [0.05, 0.1) is 33.8 Å². The second-order valence-corrected chi connectivity index (χ2v) is 14.6. The molecular formula is C54H36N2. The maximum absolute atomic E-state index is 2.47. The minimum atomic E-state index is 1.16. The van der Waals surface area contributed by atoms with Crippen LogP contribution in [0.2, 0.25) is 0 Å². The van der Waals surface area contributed by atoms with E-state index in [1.54, 1.807) is 0 Å². The highest BCUT2D eigenvalue weighted by atomic mass is 15.0. The normalized spacial score (nSPS) is 11.6. The number of hydrogen-bond acceptors (Lipinski definition) is 0. The Balaban J connectivity index is 1.17. The van der Waals surface area contributed by atoms with E-state index in [2.05, 4.69) is 228 Å². The van der Waals surface area contributed by atoms with Crippen molar-refractivity contribution in [2.45, 2.75) is 0 Å². The Labute approximate surface area is 325 Å². The van der Waals surface area contributed by atoms with E-state index in [-0.39, 0.29) is 0 Å². The maximum atomic E-state index is 2.47. The average Bonchev–Trinajstić information content (AvgIpc) is 3.83. The zero-order valence-electron chi connectivity index (χ0n) is 30.7. The third kappa shape index (κ3) is 5.34. The zero-order valence-corrected chi connectivity index (χ0v) is 30.7. The van der Waals surface area contributed by atoms with E-state index in [4.69, 9.17) is 0 Å². The molecule has 0 atom stereocenters. The fourth-order valence-corrected chi connectivity index (χ4v) is 8.59. The summed E-state index contributed by atoms with van der Waals surface area (Å²) in [4.78, 5) is 0. The highest BCUT2D eigenvalue weighted by Crippen LogP contribution is 2.41. The van der Waals surface area contributed by atoms with Crippen LogP contribution in [0.25, 0.3) is 99.5 Å². The first kappa shape index (κ1) is 32.0. The predicted octanol–water partition coefficient (Wildman–Crippen LogP) is 14.5. The van der Waals surface area contributed by atoms with Crippen LogP contribution in [0.4, 0.5) is 0 Å². The number of rotatable bonds is 6. The van der Waals surface area contributed by atoms with Gasteiger partial charge in [-0.3, -0.25) is 0 Å². The SMILES string of the molecule is c1ccc(-c2ccc(-c3cc4cc5c(cc(-c6ccc(-c7ccccc7)cc6)n5-c5cccc6ccccc56)cc4n3-c3cccc4ccccc34)cc2)cc1. The number of fused-ring (bicyclic) bond motifs is 4. The van der Waals surface area contributed by atoms with Crippen LogP contribution >= 0.6 is 0 Å². The molecule has 0 N–H and O–H groups in total. The van der Waals surface area contributed by atoms with Gasteiger partial charge >= 0.3 is 0 Å². The molecule has 0 fully saturated rings. The Morgan fingerprint density at radius 3 is 1.00 bits per heavy atom. The molecule has 0 spiro atoms. The van der Waals surface area contributed by atoms with Crippen LogP contribution in [0.5, 0.6) is 0 Å². The fraction of sp³-hybridized carbons (Fsp3) is 0. The Morgan fingerprint density at radius 2 is 0.571 bits per heavy atom. The molecule has 56 heavy (non-hydrogen) atoms. The summed E-state index contributed by atoms with van der Waals surface area (Å²) >= 11 is 0. The molecule has 0 saturated carbocycles. The van der Waals surface area contributed by atoms with Crippen molar-refractivity contribution in [3.05, 3.63) is 218 Å². The average molecular weight is 713 g/mol.